The van der Waals surface area contributed by atoms with Gasteiger partial charge in [0.2, 0.25) is 0 Å². The normalized spacial score (nSPS) is 24.1. The fraction of sp³-hybridized carbons (Fsp3) is 0.696. The molecule has 1 aromatic carbocycles. The molecule has 0 saturated carbocycles. The van der Waals surface area contributed by atoms with Crippen LogP contribution in [0, 0.1) is 5.92 Å². The standard InChI is InChI=1S/C23H39N5/c1-19-8-7-13-28(17-19)20(2)16-25-23(24-3)26-22-11-14-27(15-12-22)18-21-9-5-4-6-10-21/h4-6,9-10,19-20,22H,7-8,11-18H2,1-3H3,(H2,24,25,26). The molecule has 3 rings (SSSR count). The molecule has 0 radical (unpaired) electrons. The first-order valence-corrected chi connectivity index (χ1v) is 11.1. The van der Waals surface area contributed by atoms with E-state index in [0.29, 0.717) is 12.1 Å². The summed E-state index contributed by atoms with van der Waals surface area (Å²) in [6, 6.07) is 11.9. The van der Waals surface area contributed by atoms with E-state index in [9.17, 15) is 0 Å². The Kier molecular flexibility index (Phi) is 8.16. The highest BCUT2D eigenvalue weighted by Gasteiger charge is 2.22. The molecular weight excluding hydrogens is 346 g/mol. The highest BCUT2D eigenvalue weighted by atomic mass is 15.2. The molecule has 2 unspecified atom stereocenters. The van der Waals surface area contributed by atoms with E-state index in [1.807, 2.05) is 7.05 Å². The highest BCUT2D eigenvalue weighted by Crippen LogP contribution is 2.17. The fourth-order valence-electron chi connectivity index (χ4n) is 4.46. The first-order chi connectivity index (χ1) is 13.6. The van der Waals surface area contributed by atoms with Gasteiger partial charge in [-0.1, -0.05) is 37.3 Å². The van der Waals surface area contributed by atoms with Gasteiger partial charge < -0.3 is 10.6 Å². The summed E-state index contributed by atoms with van der Waals surface area (Å²) in [4.78, 5) is 9.64. The van der Waals surface area contributed by atoms with Gasteiger partial charge in [0.1, 0.15) is 0 Å². The number of hydrogen-bond acceptors (Lipinski definition) is 3. The van der Waals surface area contributed by atoms with E-state index in [2.05, 4.69) is 69.6 Å². The number of hydrogen-bond donors (Lipinski definition) is 2. The number of nitrogens with one attached hydrogen (secondary N) is 2. The third kappa shape index (κ3) is 6.49. The Labute approximate surface area is 171 Å². The van der Waals surface area contributed by atoms with E-state index in [1.54, 1.807) is 0 Å². The average molecular weight is 386 g/mol. The number of guanidine groups is 1. The van der Waals surface area contributed by atoms with E-state index in [4.69, 9.17) is 0 Å². The van der Waals surface area contributed by atoms with Crippen LogP contribution < -0.4 is 10.6 Å². The van der Waals surface area contributed by atoms with E-state index in [-0.39, 0.29) is 0 Å². The lowest BCUT2D eigenvalue weighted by molar-refractivity contribution is 0.139. The lowest BCUT2D eigenvalue weighted by Gasteiger charge is -2.36. The van der Waals surface area contributed by atoms with Crippen LogP contribution >= 0.6 is 0 Å². The quantitative estimate of drug-likeness (QED) is 0.584. The van der Waals surface area contributed by atoms with Gasteiger partial charge in [-0.05, 0) is 50.6 Å². The number of benzene rings is 1. The summed E-state index contributed by atoms with van der Waals surface area (Å²) in [5.41, 5.74) is 1.41. The van der Waals surface area contributed by atoms with Crippen LogP contribution in [-0.2, 0) is 6.54 Å². The van der Waals surface area contributed by atoms with Gasteiger partial charge in [0.15, 0.2) is 5.96 Å². The first kappa shape index (κ1) is 21.1. The molecule has 0 amide bonds. The molecule has 0 bridgehead atoms. The van der Waals surface area contributed by atoms with Crippen molar-refractivity contribution in [2.45, 2.75) is 58.2 Å². The Morgan fingerprint density at radius 2 is 1.89 bits per heavy atom. The molecule has 5 heteroatoms. The number of aliphatic imine (C=N–C) groups is 1. The second-order valence-corrected chi connectivity index (χ2v) is 8.72. The second kappa shape index (κ2) is 10.8. The number of likely N-dealkylation sites (tertiary alicyclic amines) is 2. The summed E-state index contributed by atoms with van der Waals surface area (Å²) < 4.78 is 0. The molecule has 2 heterocycles. The number of piperidine rings is 2. The molecule has 2 fully saturated rings. The lowest BCUT2D eigenvalue weighted by atomic mass is 9.99. The molecule has 0 aromatic heterocycles. The Morgan fingerprint density at radius 1 is 1.14 bits per heavy atom. The van der Waals surface area contributed by atoms with Gasteiger partial charge in [0, 0.05) is 51.9 Å². The van der Waals surface area contributed by atoms with Crippen LogP contribution in [0.2, 0.25) is 0 Å². The molecule has 2 aliphatic heterocycles. The van der Waals surface area contributed by atoms with Crippen molar-refractivity contribution in [3.63, 3.8) is 0 Å². The van der Waals surface area contributed by atoms with E-state index < -0.39 is 0 Å². The maximum absolute atomic E-state index is 4.46. The van der Waals surface area contributed by atoms with Gasteiger partial charge in [-0.15, -0.1) is 0 Å². The minimum Gasteiger partial charge on any atom is -0.355 e. The van der Waals surface area contributed by atoms with Crippen LogP contribution in [0.1, 0.15) is 45.1 Å². The Hall–Kier alpha value is -1.59. The van der Waals surface area contributed by atoms with Crippen LogP contribution in [0.15, 0.2) is 35.3 Å². The van der Waals surface area contributed by atoms with Crippen molar-refractivity contribution < 1.29 is 0 Å². The third-order valence-corrected chi connectivity index (χ3v) is 6.28. The average Bonchev–Trinajstić information content (AvgIpc) is 2.73. The minimum atomic E-state index is 0.517. The van der Waals surface area contributed by atoms with Crippen molar-refractivity contribution in [3.8, 4) is 0 Å². The van der Waals surface area contributed by atoms with Crippen molar-refractivity contribution in [2.75, 3.05) is 39.8 Å². The summed E-state index contributed by atoms with van der Waals surface area (Å²) in [5, 5.41) is 7.21. The van der Waals surface area contributed by atoms with Crippen LogP contribution in [0.5, 0.6) is 0 Å². The zero-order chi connectivity index (χ0) is 19.8. The predicted octanol–water partition coefficient (Wildman–Crippen LogP) is 2.94. The Morgan fingerprint density at radius 3 is 2.57 bits per heavy atom. The molecule has 2 saturated heterocycles. The van der Waals surface area contributed by atoms with Crippen molar-refractivity contribution in [1.29, 1.82) is 0 Å². The number of rotatable bonds is 6. The molecule has 2 aliphatic rings. The monoisotopic (exact) mass is 385 g/mol. The second-order valence-electron chi connectivity index (χ2n) is 8.72. The molecule has 0 spiro atoms. The minimum absolute atomic E-state index is 0.517. The molecular formula is C23H39N5. The summed E-state index contributed by atoms with van der Waals surface area (Å²) in [6.07, 6.45) is 5.06. The van der Waals surface area contributed by atoms with Crippen molar-refractivity contribution in [1.82, 2.24) is 20.4 Å². The van der Waals surface area contributed by atoms with Gasteiger partial charge in [-0.2, -0.15) is 0 Å². The zero-order valence-electron chi connectivity index (χ0n) is 18.0. The molecule has 2 atom stereocenters. The first-order valence-electron chi connectivity index (χ1n) is 11.1. The predicted molar refractivity (Wildman–Crippen MR) is 119 cm³/mol. The van der Waals surface area contributed by atoms with Crippen LogP contribution in [0.4, 0.5) is 0 Å². The summed E-state index contributed by atoms with van der Waals surface area (Å²) in [6.45, 7) is 11.5. The zero-order valence-corrected chi connectivity index (χ0v) is 18.0. The summed E-state index contributed by atoms with van der Waals surface area (Å²) in [7, 11) is 1.88. The Balaban J connectivity index is 1.37. The van der Waals surface area contributed by atoms with Crippen LogP contribution in [0.25, 0.3) is 0 Å². The SMILES string of the molecule is CN=C(NCC(C)N1CCCC(C)C1)NC1CCN(Cc2ccccc2)CC1. The molecule has 2 N–H and O–H groups in total. The topological polar surface area (TPSA) is 42.9 Å². The smallest absolute Gasteiger partial charge is 0.191 e. The number of nitrogens with zero attached hydrogens (tertiary/aromatic N) is 3. The lowest BCUT2D eigenvalue weighted by Crippen LogP contribution is -2.52. The van der Waals surface area contributed by atoms with Crippen molar-refractivity contribution in [2.24, 2.45) is 10.9 Å². The maximum atomic E-state index is 4.46. The van der Waals surface area contributed by atoms with Crippen LogP contribution in [-0.4, -0.2) is 67.6 Å². The fourth-order valence-corrected chi connectivity index (χ4v) is 4.46. The van der Waals surface area contributed by atoms with Crippen LogP contribution in [0.3, 0.4) is 0 Å². The maximum Gasteiger partial charge on any atom is 0.191 e. The van der Waals surface area contributed by atoms with E-state index >= 15 is 0 Å². The molecule has 156 valence electrons. The van der Waals surface area contributed by atoms with Gasteiger partial charge in [0.25, 0.3) is 0 Å². The van der Waals surface area contributed by atoms with Gasteiger partial charge in [0.05, 0.1) is 0 Å². The van der Waals surface area contributed by atoms with Crippen molar-refractivity contribution in [3.05, 3.63) is 35.9 Å². The molecule has 0 aliphatic carbocycles. The van der Waals surface area contributed by atoms with Gasteiger partial charge in [-0.3, -0.25) is 14.8 Å². The summed E-state index contributed by atoms with van der Waals surface area (Å²) >= 11 is 0. The third-order valence-electron chi connectivity index (χ3n) is 6.28. The highest BCUT2D eigenvalue weighted by molar-refractivity contribution is 5.80. The van der Waals surface area contributed by atoms with Crippen molar-refractivity contribution >= 4 is 5.96 Å². The molecule has 28 heavy (non-hydrogen) atoms. The van der Waals surface area contributed by atoms with Gasteiger partial charge >= 0.3 is 0 Å². The van der Waals surface area contributed by atoms with E-state index in [1.165, 1.54) is 44.3 Å². The Bertz CT molecular complexity index is 594. The largest absolute Gasteiger partial charge is 0.355 e. The van der Waals surface area contributed by atoms with E-state index in [0.717, 1.165) is 38.1 Å². The molecule has 5 nitrogen and oxygen atoms in total. The summed E-state index contributed by atoms with van der Waals surface area (Å²) in [5.74, 6) is 1.79. The molecule has 1 aromatic rings. The van der Waals surface area contributed by atoms with Gasteiger partial charge in [-0.25, -0.2) is 0 Å².